The molecule has 3 nitrogen and oxygen atoms in total. The van der Waals surface area contributed by atoms with E-state index in [-0.39, 0.29) is 0 Å². The van der Waals surface area contributed by atoms with E-state index < -0.39 is 0 Å². The SMILES string of the molecule is C=COCCc1cc(CCOC=C)cc(CCOC=C)c1. The molecule has 1 rings (SSSR count). The van der Waals surface area contributed by atoms with Gasteiger partial charge in [0.2, 0.25) is 0 Å². The van der Waals surface area contributed by atoms with Crippen LogP contribution in [0.5, 0.6) is 0 Å². The van der Waals surface area contributed by atoms with Gasteiger partial charge in [-0.1, -0.05) is 37.9 Å². The van der Waals surface area contributed by atoms with E-state index in [1.165, 1.54) is 35.5 Å². The molecular weight excluding hydrogens is 264 g/mol. The number of hydrogen-bond donors (Lipinski definition) is 0. The fourth-order valence-electron chi connectivity index (χ4n) is 2.05. The summed E-state index contributed by atoms with van der Waals surface area (Å²) in [6, 6.07) is 6.57. The van der Waals surface area contributed by atoms with Gasteiger partial charge in [0.05, 0.1) is 38.6 Å². The Balaban J connectivity index is 2.71. The van der Waals surface area contributed by atoms with Crippen molar-refractivity contribution < 1.29 is 14.2 Å². The van der Waals surface area contributed by atoms with Crippen molar-refractivity contribution in [3.8, 4) is 0 Å². The first kappa shape index (κ1) is 16.9. The molecule has 0 aliphatic rings. The fourth-order valence-corrected chi connectivity index (χ4v) is 2.05. The van der Waals surface area contributed by atoms with E-state index in [0.717, 1.165) is 19.3 Å². The summed E-state index contributed by atoms with van der Waals surface area (Å²) < 4.78 is 15.6. The van der Waals surface area contributed by atoms with E-state index in [4.69, 9.17) is 14.2 Å². The summed E-state index contributed by atoms with van der Waals surface area (Å²) in [5, 5.41) is 0. The summed E-state index contributed by atoms with van der Waals surface area (Å²) in [5.74, 6) is 0. The minimum absolute atomic E-state index is 0.638. The zero-order valence-corrected chi connectivity index (χ0v) is 12.6. The first-order valence-corrected chi connectivity index (χ1v) is 7.09. The van der Waals surface area contributed by atoms with Gasteiger partial charge in [-0.25, -0.2) is 0 Å². The maximum Gasteiger partial charge on any atom is 0.0913 e. The second-order valence-corrected chi connectivity index (χ2v) is 4.52. The summed E-state index contributed by atoms with van der Waals surface area (Å²) in [4.78, 5) is 0. The van der Waals surface area contributed by atoms with E-state index in [1.54, 1.807) is 0 Å². The summed E-state index contributed by atoms with van der Waals surface area (Å²) in [6.45, 7) is 12.6. The second kappa shape index (κ2) is 10.6. The molecule has 0 aromatic heterocycles. The molecule has 0 bridgehead atoms. The zero-order chi connectivity index (χ0) is 15.3. The molecule has 0 fully saturated rings. The summed E-state index contributed by atoms with van der Waals surface area (Å²) in [6.07, 6.45) is 6.99. The van der Waals surface area contributed by atoms with E-state index in [2.05, 4.69) is 37.9 Å². The maximum atomic E-state index is 5.20. The fraction of sp³-hybridized carbons (Fsp3) is 0.333. The van der Waals surface area contributed by atoms with Crippen LogP contribution in [0, 0.1) is 0 Å². The number of hydrogen-bond acceptors (Lipinski definition) is 3. The molecule has 0 amide bonds. The van der Waals surface area contributed by atoms with Gasteiger partial charge in [-0.3, -0.25) is 0 Å². The highest BCUT2D eigenvalue weighted by molar-refractivity contribution is 5.31. The first-order chi connectivity index (χ1) is 10.3. The van der Waals surface area contributed by atoms with Gasteiger partial charge in [0.1, 0.15) is 0 Å². The number of benzene rings is 1. The predicted molar refractivity (Wildman–Crippen MR) is 86.0 cm³/mol. The third kappa shape index (κ3) is 7.25. The minimum Gasteiger partial charge on any atom is -0.501 e. The van der Waals surface area contributed by atoms with Gasteiger partial charge in [0.25, 0.3) is 0 Å². The van der Waals surface area contributed by atoms with Crippen molar-refractivity contribution in [2.24, 2.45) is 0 Å². The van der Waals surface area contributed by atoms with Crippen LogP contribution < -0.4 is 0 Å². The van der Waals surface area contributed by atoms with E-state index in [1.807, 2.05) is 0 Å². The van der Waals surface area contributed by atoms with Gasteiger partial charge < -0.3 is 14.2 Å². The second-order valence-electron chi connectivity index (χ2n) is 4.52. The Morgan fingerprint density at radius 3 is 1.14 bits per heavy atom. The van der Waals surface area contributed by atoms with Gasteiger partial charge in [0, 0.05) is 19.3 Å². The molecule has 0 radical (unpaired) electrons. The van der Waals surface area contributed by atoms with Gasteiger partial charge in [0.15, 0.2) is 0 Å². The lowest BCUT2D eigenvalue weighted by molar-refractivity contribution is 0.252. The maximum absolute atomic E-state index is 5.20. The zero-order valence-electron chi connectivity index (χ0n) is 12.6. The summed E-state index contributed by atoms with van der Waals surface area (Å²) in [7, 11) is 0. The Morgan fingerprint density at radius 1 is 0.619 bits per heavy atom. The monoisotopic (exact) mass is 288 g/mol. The van der Waals surface area contributed by atoms with Gasteiger partial charge >= 0.3 is 0 Å². The van der Waals surface area contributed by atoms with Crippen LogP contribution in [0.1, 0.15) is 16.7 Å². The topological polar surface area (TPSA) is 27.7 Å². The average molecular weight is 288 g/mol. The lowest BCUT2D eigenvalue weighted by Crippen LogP contribution is -2.02. The molecule has 0 spiro atoms. The number of rotatable bonds is 12. The highest BCUT2D eigenvalue weighted by atomic mass is 16.5. The van der Waals surface area contributed by atoms with Crippen LogP contribution in [-0.4, -0.2) is 19.8 Å². The first-order valence-electron chi connectivity index (χ1n) is 7.09. The predicted octanol–water partition coefficient (Wildman–Crippen LogP) is 3.79. The van der Waals surface area contributed by atoms with Crippen molar-refractivity contribution >= 4 is 0 Å². The van der Waals surface area contributed by atoms with Crippen LogP contribution >= 0.6 is 0 Å². The molecule has 3 heteroatoms. The van der Waals surface area contributed by atoms with Crippen LogP contribution in [0.2, 0.25) is 0 Å². The Bertz CT molecular complexity index is 373. The van der Waals surface area contributed by atoms with Crippen LogP contribution in [-0.2, 0) is 33.5 Å². The van der Waals surface area contributed by atoms with Gasteiger partial charge in [-0.15, -0.1) is 0 Å². The number of ether oxygens (including phenoxy) is 3. The Labute approximate surface area is 127 Å². The van der Waals surface area contributed by atoms with Crippen LogP contribution in [0.3, 0.4) is 0 Å². The molecule has 1 aromatic rings. The molecule has 21 heavy (non-hydrogen) atoms. The van der Waals surface area contributed by atoms with E-state index in [9.17, 15) is 0 Å². The lowest BCUT2D eigenvalue weighted by Gasteiger charge is -2.10. The van der Waals surface area contributed by atoms with Crippen LogP contribution in [0.4, 0.5) is 0 Å². The minimum atomic E-state index is 0.638. The van der Waals surface area contributed by atoms with E-state index in [0.29, 0.717) is 19.8 Å². The molecule has 0 aliphatic heterocycles. The molecule has 0 heterocycles. The molecule has 0 aliphatic carbocycles. The normalized spacial score (nSPS) is 9.71. The van der Waals surface area contributed by atoms with E-state index >= 15 is 0 Å². The smallest absolute Gasteiger partial charge is 0.0913 e. The average Bonchev–Trinajstić information content (AvgIpc) is 2.48. The Kier molecular flexibility index (Phi) is 8.53. The summed E-state index contributed by atoms with van der Waals surface area (Å²) in [5.41, 5.74) is 3.75. The van der Waals surface area contributed by atoms with Crippen LogP contribution in [0.25, 0.3) is 0 Å². The molecule has 0 saturated heterocycles. The van der Waals surface area contributed by atoms with Crippen molar-refractivity contribution in [3.05, 3.63) is 73.4 Å². The molecule has 0 atom stereocenters. The van der Waals surface area contributed by atoms with Crippen molar-refractivity contribution in [3.63, 3.8) is 0 Å². The van der Waals surface area contributed by atoms with Gasteiger partial charge in [-0.2, -0.15) is 0 Å². The highest BCUT2D eigenvalue weighted by Gasteiger charge is 2.03. The Hall–Kier alpha value is -2.16. The molecule has 114 valence electrons. The molecule has 1 aromatic carbocycles. The van der Waals surface area contributed by atoms with Crippen molar-refractivity contribution in [2.45, 2.75) is 19.3 Å². The van der Waals surface area contributed by atoms with Crippen molar-refractivity contribution in [2.75, 3.05) is 19.8 Å². The molecule has 0 unspecified atom stereocenters. The van der Waals surface area contributed by atoms with Gasteiger partial charge in [-0.05, 0) is 16.7 Å². The van der Waals surface area contributed by atoms with Crippen molar-refractivity contribution in [1.82, 2.24) is 0 Å². The largest absolute Gasteiger partial charge is 0.501 e. The highest BCUT2D eigenvalue weighted by Crippen LogP contribution is 2.13. The standard InChI is InChI=1S/C18H24O3/c1-4-19-10-7-16-13-17(8-11-20-5-2)15-18(14-16)9-12-21-6-3/h4-6,13-15H,1-3,7-12H2. The third-order valence-corrected chi connectivity index (χ3v) is 2.99. The third-order valence-electron chi connectivity index (χ3n) is 2.99. The van der Waals surface area contributed by atoms with Crippen LogP contribution in [0.15, 0.2) is 56.7 Å². The summed E-state index contributed by atoms with van der Waals surface area (Å²) >= 11 is 0. The molecule has 0 N–H and O–H groups in total. The molecule has 0 saturated carbocycles. The van der Waals surface area contributed by atoms with Crippen molar-refractivity contribution in [1.29, 1.82) is 0 Å². The Morgan fingerprint density at radius 2 is 0.905 bits per heavy atom. The molecular formula is C18H24O3. The lowest BCUT2D eigenvalue weighted by atomic mass is 10.0. The quantitative estimate of drug-likeness (QED) is 0.432.